The smallest absolute Gasteiger partial charge is 0.200 e. The van der Waals surface area contributed by atoms with Gasteiger partial charge in [0, 0.05) is 12.1 Å². The first-order chi connectivity index (χ1) is 10.2. The molecular weight excluding hydrogens is 286 g/mol. The molecule has 0 radical (unpaired) electrons. The molecule has 2 aromatic carbocycles. The van der Waals surface area contributed by atoms with Crippen molar-refractivity contribution >= 4 is 17.2 Å². The SMILES string of the molecule is COc1cc(C(=S)NCc2ccccc2)cc(OC)c1O. The van der Waals surface area contributed by atoms with Gasteiger partial charge in [-0.2, -0.15) is 0 Å². The first-order valence-electron chi connectivity index (χ1n) is 6.42. The van der Waals surface area contributed by atoms with Crippen LogP contribution in [-0.2, 0) is 6.54 Å². The van der Waals surface area contributed by atoms with Crippen molar-refractivity contribution in [1.82, 2.24) is 5.32 Å². The third-order valence-electron chi connectivity index (χ3n) is 3.04. The zero-order valence-corrected chi connectivity index (χ0v) is 12.7. The summed E-state index contributed by atoms with van der Waals surface area (Å²) >= 11 is 5.37. The molecule has 5 heteroatoms. The molecule has 0 spiro atoms. The zero-order chi connectivity index (χ0) is 15.2. The van der Waals surface area contributed by atoms with Crippen LogP contribution in [0, 0.1) is 0 Å². The molecule has 2 aromatic rings. The van der Waals surface area contributed by atoms with E-state index in [0.717, 1.165) is 11.1 Å². The Morgan fingerprint density at radius 3 is 2.19 bits per heavy atom. The summed E-state index contributed by atoms with van der Waals surface area (Å²) in [6, 6.07) is 13.3. The Morgan fingerprint density at radius 1 is 1.10 bits per heavy atom. The van der Waals surface area contributed by atoms with Gasteiger partial charge in [-0.1, -0.05) is 42.5 Å². The molecule has 0 atom stereocenters. The van der Waals surface area contributed by atoms with E-state index in [2.05, 4.69) is 5.32 Å². The van der Waals surface area contributed by atoms with Gasteiger partial charge in [-0.25, -0.2) is 0 Å². The van der Waals surface area contributed by atoms with Gasteiger partial charge < -0.3 is 19.9 Å². The van der Waals surface area contributed by atoms with Crippen LogP contribution in [0.15, 0.2) is 42.5 Å². The van der Waals surface area contributed by atoms with Crippen LogP contribution in [0.25, 0.3) is 0 Å². The lowest BCUT2D eigenvalue weighted by Gasteiger charge is -2.13. The second kappa shape index (κ2) is 6.95. The van der Waals surface area contributed by atoms with Crippen LogP contribution in [0.1, 0.15) is 11.1 Å². The monoisotopic (exact) mass is 303 g/mol. The number of hydrogen-bond donors (Lipinski definition) is 2. The van der Waals surface area contributed by atoms with E-state index in [0.29, 0.717) is 23.0 Å². The fourth-order valence-electron chi connectivity index (χ4n) is 1.90. The van der Waals surface area contributed by atoms with Gasteiger partial charge in [-0.3, -0.25) is 0 Å². The number of rotatable bonds is 5. The van der Waals surface area contributed by atoms with Crippen LogP contribution in [0.3, 0.4) is 0 Å². The van der Waals surface area contributed by atoms with Gasteiger partial charge in [0.25, 0.3) is 0 Å². The molecule has 0 unspecified atom stereocenters. The lowest BCUT2D eigenvalue weighted by atomic mass is 10.1. The lowest BCUT2D eigenvalue weighted by Crippen LogP contribution is -2.21. The number of methoxy groups -OCH3 is 2. The second-order valence-electron chi connectivity index (χ2n) is 4.40. The van der Waals surface area contributed by atoms with E-state index >= 15 is 0 Å². The van der Waals surface area contributed by atoms with Crippen LogP contribution in [-0.4, -0.2) is 24.3 Å². The number of nitrogens with one attached hydrogen (secondary N) is 1. The summed E-state index contributed by atoms with van der Waals surface area (Å²) < 4.78 is 10.2. The normalized spacial score (nSPS) is 10.0. The minimum absolute atomic E-state index is 0.0328. The van der Waals surface area contributed by atoms with E-state index < -0.39 is 0 Å². The van der Waals surface area contributed by atoms with E-state index in [-0.39, 0.29) is 5.75 Å². The van der Waals surface area contributed by atoms with E-state index in [4.69, 9.17) is 21.7 Å². The first-order valence-corrected chi connectivity index (χ1v) is 6.83. The van der Waals surface area contributed by atoms with Crippen LogP contribution >= 0.6 is 12.2 Å². The molecule has 0 fully saturated rings. The number of phenolic OH excluding ortho intramolecular Hbond substituents is 1. The molecule has 2 rings (SSSR count). The third kappa shape index (κ3) is 3.64. The maximum Gasteiger partial charge on any atom is 0.200 e. The summed E-state index contributed by atoms with van der Waals surface area (Å²) in [6.45, 7) is 0.630. The number of ether oxygens (including phenoxy) is 2. The average Bonchev–Trinajstić information content (AvgIpc) is 2.53. The molecule has 2 N–H and O–H groups in total. The maximum absolute atomic E-state index is 9.89. The summed E-state index contributed by atoms with van der Waals surface area (Å²) in [5.41, 5.74) is 1.87. The van der Waals surface area contributed by atoms with Crippen molar-refractivity contribution in [3.8, 4) is 17.2 Å². The van der Waals surface area contributed by atoms with Crippen LogP contribution in [0.2, 0.25) is 0 Å². The number of hydrogen-bond acceptors (Lipinski definition) is 4. The largest absolute Gasteiger partial charge is 0.502 e. The van der Waals surface area contributed by atoms with Gasteiger partial charge in [0.2, 0.25) is 5.75 Å². The molecule has 0 aliphatic rings. The number of benzene rings is 2. The number of phenols is 1. The fourth-order valence-corrected chi connectivity index (χ4v) is 2.09. The van der Waals surface area contributed by atoms with Crippen LogP contribution < -0.4 is 14.8 Å². The predicted octanol–water partition coefficient (Wildman–Crippen LogP) is 2.87. The molecular formula is C16H17NO3S. The van der Waals surface area contributed by atoms with E-state index in [1.807, 2.05) is 30.3 Å². The number of thiocarbonyl (C=S) groups is 1. The summed E-state index contributed by atoms with van der Waals surface area (Å²) in [5.74, 6) is 0.621. The van der Waals surface area contributed by atoms with Crippen molar-refractivity contribution in [1.29, 1.82) is 0 Å². The first kappa shape index (κ1) is 15.1. The van der Waals surface area contributed by atoms with Crippen molar-refractivity contribution in [3.63, 3.8) is 0 Å². The third-order valence-corrected chi connectivity index (χ3v) is 3.42. The van der Waals surface area contributed by atoms with Crippen LogP contribution in [0.5, 0.6) is 17.2 Å². The van der Waals surface area contributed by atoms with Gasteiger partial charge in [-0.15, -0.1) is 0 Å². The Morgan fingerprint density at radius 2 is 1.67 bits per heavy atom. The summed E-state index contributed by atoms with van der Waals surface area (Å²) in [4.78, 5) is 0.565. The fraction of sp³-hybridized carbons (Fsp3) is 0.188. The number of aromatic hydroxyl groups is 1. The quantitative estimate of drug-likeness (QED) is 0.832. The standard InChI is InChI=1S/C16H17NO3S/c1-19-13-8-12(9-14(20-2)15(13)18)16(21)17-10-11-6-4-3-5-7-11/h3-9,18H,10H2,1-2H3,(H,17,21). The van der Waals surface area contributed by atoms with E-state index in [1.54, 1.807) is 12.1 Å². The Hall–Kier alpha value is -2.27. The molecule has 0 saturated carbocycles. The van der Waals surface area contributed by atoms with Gasteiger partial charge in [0.15, 0.2) is 11.5 Å². The molecule has 0 bridgehead atoms. The predicted molar refractivity (Wildman–Crippen MR) is 86.2 cm³/mol. The molecule has 110 valence electrons. The highest BCUT2D eigenvalue weighted by molar-refractivity contribution is 7.80. The van der Waals surface area contributed by atoms with Crippen molar-refractivity contribution in [2.45, 2.75) is 6.54 Å². The molecule has 4 nitrogen and oxygen atoms in total. The zero-order valence-electron chi connectivity index (χ0n) is 11.9. The Kier molecular flexibility index (Phi) is 5.00. The molecule has 0 heterocycles. The van der Waals surface area contributed by atoms with Crippen molar-refractivity contribution in [3.05, 3.63) is 53.6 Å². The second-order valence-corrected chi connectivity index (χ2v) is 4.81. The van der Waals surface area contributed by atoms with Gasteiger partial charge in [-0.05, 0) is 17.7 Å². The summed E-state index contributed by atoms with van der Waals surface area (Å²) in [7, 11) is 2.97. The van der Waals surface area contributed by atoms with Gasteiger partial charge in [0.05, 0.1) is 14.2 Å². The molecule has 0 amide bonds. The molecule has 21 heavy (non-hydrogen) atoms. The Balaban J connectivity index is 2.15. The summed E-state index contributed by atoms with van der Waals surface area (Å²) in [5, 5.41) is 13.1. The molecule has 0 aliphatic carbocycles. The Labute approximate surface area is 129 Å². The molecule has 0 saturated heterocycles. The maximum atomic E-state index is 9.89. The van der Waals surface area contributed by atoms with E-state index in [1.165, 1.54) is 14.2 Å². The van der Waals surface area contributed by atoms with E-state index in [9.17, 15) is 5.11 Å². The van der Waals surface area contributed by atoms with Gasteiger partial charge in [0.1, 0.15) is 4.99 Å². The molecule has 0 aliphatic heterocycles. The Bertz CT molecular complexity index is 604. The van der Waals surface area contributed by atoms with Crippen molar-refractivity contribution in [2.24, 2.45) is 0 Å². The van der Waals surface area contributed by atoms with Crippen LogP contribution in [0.4, 0.5) is 0 Å². The summed E-state index contributed by atoms with van der Waals surface area (Å²) in [6.07, 6.45) is 0. The van der Waals surface area contributed by atoms with Crippen molar-refractivity contribution in [2.75, 3.05) is 14.2 Å². The highest BCUT2D eigenvalue weighted by atomic mass is 32.1. The minimum Gasteiger partial charge on any atom is -0.502 e. The van der Waals surface area contributed by atoms with Gasteiger partial charge >= 0.3 is 0 Å². The topological polar surface area (TPSA) is 50.7 Å². The lowest BCUT2D eigenvalue weighted by molar-refractivity contribution is 0.340. The highest BCUT2D eigenvalue weighted by Gasteiger charge is 2.13. The average molecular weight is 303 g/mol. The van der Waals surface area contributed by atoms with Crippen molar-refractivity contribution < 1.29 is 14.6 Å². The molecule has 0 aromatic heterocycles. The highest BCUT2D eigenvalue weighted by Crippen LogP contribution is 2.37. The minimum atomic E-state index is -0.0328.